The van der Waals surface area contributed by atoms with Crippen LogP contribution in [0.25, 0.3) is 0 Å². The second-order valence-corrected chi connectivity index (χ2v) is 7.44. The van der Waals surface area contributed by atoms with Crippen LogP contribution in [0.1, 0.15) is 32.6 Å². The first kappa shape index (κ1) is 17.1. The first-order chi connectivity index (χ1) is 10.5. The number of anilines is 1. The van der Waals surface area contributed by atoms with E-state index in [9.17, 15) is 8.42 Å². The van der Waals surface area contributed by atoms with E-state index in [1.54, 1.807) is 25.5 Å². The van der Waals surface area contributed by atoms with E-state index >= 15 is 0 Å². The molecule has 0 aliphatic carbocycles. The summed E-state index contributed by atoms with van der Waals surface area (Å²) in [5.74, 6) is 0.658. The van der Waals surface area contributed by atoms with Gasteiger partial charge in [0.15, 0.2) is 0 Å². The monoisotopic (exact) mass is 327 g/mol. The lowest BCUT2D eigenvalue weighted by Gasteiger charge is -2.33. The number of piperidine rings is 1. The van der Waals surface area contributed by atoms with Crippen molar-refractivity contribution in [2.75, 3.05) is 31.6 Å². The lowest BCUT2D eigenvalue weighted by Crippen LogP contribution is -2.51. The fraction of sp³-hybridized carbons (Fsp3) is 0.714. The summed E-state index contributed by atoms with van der Waals surface area (Å²) in [5, 5.41) is 0. The summed E-state index contributed by atoms with van der Waals surface area (Å²) < 4.78 is 28.8. The fourth-order valence-corrected chi connectivity index (χ4v) is 3.67. The van der Waals surface area contributed by atoms with Gasteiger partial charge in [0.25, 0.3) is 10.2 Å². The Labute approximate surface area is 132 Å². The highest BCUT2D eigenvalue weighted by Gasteiger charge is 2.27. The Morgan fingerprint density at radius 1 is 1.41 bits per heavy atom. The second kappa shape index (κ2) is 7.85. The van der Waals surface area contributed by atoms with Crippen molar-refractivity contribution in [1.82, 2.24) is 19.0 Å². The average molecular weight is 327 g/mol. The smallest absolute Gasteiger partial charge is 0.279 e. The van der Waals surface area contributed by atoms with Crippen LogP contribution in [0.15, 0.2) is 18.5 Å². The fourth-order valence-electron chi connectivity index (χ4n) is 2.51. The predicted octanol–water partition coefficient (Wildman–Crippen LogP) is 1.01. The number of nitrogens with zero attached hydrogens (tertiary/aromatic N) is 4. The van der Waals surface area contributed by atoms with Crippen LogP contribution in [-0.4, -0.2) is 55.4 Å². The van der Waals surface area contributed by atoms with E-state index in [2.05, 4.69) is 14.7 Å². The van der Waals surface area contributed by atoms with Crippen LogP contribution in [0, 0.1) is 0 Å². The number of unbranched alkanes of at least 4 members (excludes halogenated alkanes) is 1. The molecule has 0 bridgehead atoms. The molecule has 124 valence electrons. The van der Waals surface area contributed by atoms with E-state index in [0.717, 1.165) is 32.2 Å². The molecule has 2 heterocycles. The second-order valence-electron chi connectivity index (χ2n) is 5.63. The molecule has 1 fully saturated rings. The van der Waals surface area contributed by atoms with Crippen LogP contribution in [0.4, 0.5) is 5.95 Å². The molecule has 1 aliphatic rings. The molecule has 0 aromatic carbocycles. The van der Waals surface area contributed by atoms with Gasteiger partial charge in [-0.15, -0.1) is 0 Å². The molecule has 1 N–H and O–H groups in total. The standard InChI is InChI=1S/C14H25N5O2S/c1-3-4-10-18(2)22(20,21)17-13-7-5-11-19(12-13)14-15-8-6-9-16-14/h6,8-9,13,17H,3-5,7,10-12H2,1-2H3. The minimum Gasteiger partial charge on any atom is -0.339 e. The molecule has 8 heteroatoms. The topological polar surface area (TPSA) is 78.4 Å². The van der Waals surface area contributed by atoms with Crippen LogP contribution in [0.3, 0.4) is 0 Å². The minimum absolute atomic E-state index is 0.105. The highest BCUT2D eigenvalue weighted by Crippen LogP contribution is 2.16. The molecule has 0 saturated carbocycles. The summed E-state index contributed by atoms with van der Waals surface area (Å²) in [4.78, 5) is 10.5. The number of hydrogen-bond acceptors (Lipinski definition) is 5. The van der Waals surface area contributed by atoms with Crippen LogP contribution >= 0.6 is 0 Å². The van der Waals surface area contributed by atoms with Gasteiger partial charge in [-0.1, -0.05) is 13.3 Å². The van der Waals surface area contributed by atoms with Crippen molar-refractivity contribution in [3.63, 3.8) is 0 Å². The molecule has 7 nitrogen and oxygen atoms in total. The third kappa shape index (κ3) is 4.62. The summed E-state index contributed by atoms with van der Waals surface area (Å²) in [7, 11) is -1.80. The highest BCUT2D eigenvalue weighted by atomic mass is 32.2. The largest absolute Gasteiger partial charge is 0.339 e. The molecule has 1 aromatic heterocycles. The summed E-state index contributed by atoms with van der Waals surface area (Å²) >= 11 is 0. The van der Waals surface area contributed by atoms with Crippen LogP contribution in [0.5, 0.6) is 0 Å². The molecular formula is C14H25N5O2S. The Bertz CT molecular complexity index is 552. The van der Waals surface area contributed by atoms with Crippen molar-refractivity contribution < 1.29 is 8.42 Å². The lowest BCUT2D eigenvalue weighted by molar-refractivity contribution is 0.416. The predicted molar refractivity (Wildman–Crippen MR) is 86.9 cm³/mol. The van der Waals surface area contributed by atoms with E-state index in [0.29, 0.717) is 19.0 Å². The minimum atomic E-state index is -3.42. The van der Waals surface area contributed by atoms with Crippen LogP contribution < -0.4 is 9.62 Å². The maximum absolute atomic E-state index is 12.3. The molecule has 1 aromatic rings. The molecule has 0 radical (unpaired) electrons. The van der Waals surface area contributed by atoms with Gasteiger partial charge in [0, 0.05) is 45.1 Å². The van der Waals surface area contributed by atoms with E-state index in [1.165, 1.54) is 4.31 Å². The van der Waals surface area contributed by atoms with E-state index in [4.69, 9.17) is 0 Å². The van der Waals surface area contributed by atoms with Gasteiger partial charge >= 0.3 is 0 Å². The zero-order chi connectivity index (χ0) is 16.0. The first-order valence-corrected chi connectivity index (χ1v) is 9.22. The van der Waals surface area contributed by atoms with Gasteiger partial charge in [0.05, 0.1) is 0 Å². The number of nitrogens with one attached hydrogen (secondary N) is 1. The lowest BCUT2D eigenvalue weighted by atomic mass is 10.1. The van der Waals surface area contributed by atoms with Crippen molar-refractivity contribution in [2.45, 2.75) is 38.6 Å². The van der Waals surface area contributed by atoms with E-state index in [-0.39, 0.29) is 6.04 Å². The third-order valence-corrected chi connectivity index (χ3v) is 5.44. The van der Waals surface area contributed by atoms with Gasteiger partial charge < -0.3 is 4.90 Å². The summed E-state index contributed by atoms with van der Waals surface area (Å²) in [6.07, 6.45) is 7.01. The molecule has 1 unspecified atom stereocenters. The summed E-state index contributed by atoms with van der Waals surface area (Å²) in [5.41, 5.74) is 0. The van der Waals surface area contributed by atoms with Gasteiger partial charge in [-0.3, -0.25) is 0 Å². The summed E-state index contributed by atoms with van der Waals surface area (Å²) in [6, 6.07) is 1.67. The van der Waals surface area contributed by atoms with Gasteiger partial charge in [-0.25, -0.2) is 9.97 Å². The first-order valence-electron chi connectivity index (χ1n) is 7.78. The molecule has 1 atom stereocenters. The maximum Gasteiger partial charge on any atom is 0.279 e. The van der Waals surface area contributed by atoms with Crippen molar-refractivity contribution >= 4 is 16.2 Å². The maximum atomic E-state index is 12.3. The van der Waals surface area contributed by atoms with E-state index < -0.39 is 10.2 Å². The van der Waals surface area contributed by atoms with Crippen molar-refractivity contribution in [2.24, 2.45) is 0 Å². The molecule has 1 aliphatic heterocycles. The molecule has 1 saturated heterocycles. The Kier molecular flexibility index (Phi) is 6.10. The SMILES string of the molecule is CCCCN(C)S(=O)(=O)NC1CCCN(c2ncccn2)C1. The van der Waals surface area contributed by atoms with Gasteiger partial charge in [0.2, 0.25) is 5.95 Å². The Balaban J connectivity index is 1.95. The molecular weight excluding hydrogens is 302 g/mol. The quantitative estimate of drug-likeness (QED) is 0.809. The summed E-state index contributed by atoms with van der Waals surface area (Å²) in [6.45, 7) is 4.05. The van der Waals surface area contributed by atoms with Gasteiger partial charge in [-0.05, 0) is 25.3 Å². The number of aromatic nitrogens is 2. The highest BCUT2D eigenvalue weighted by molar-refractivity contribution is 7.87. The number of rotatable bonds is 7. The number of hydrogen-bond donors (Lipinski definition) is 1. The van der Waals surface area contributed by atoms with Gasteiger partial charge in [0.1, 0.15) is 0 Å². The normalized spacial score (nSPS) is 19.6. The average Bonchev–Trinajstić information content (AvgIpc) is 2.53. The zero-order valence-corrected chi connectivity index (χ0v) is 14.1. The molecule has 2 rings (SSSR count). The van der Waals surface area contributed by atoms with E-state index in [1.807, 2.05) is 11.8 Å². The Morgan fingerprint density at radius 3 is 2.82 bits per heavy atom. The zero-order valence-electron chi connectivity index (χ0n) is 13.3. The Hall–Kier alpha value is -1.25. The third-order valence-electron chi connectivity index (χ3n) is 3.81. The van der Waals surface area contributed by atoms with Crippen molar-refractivity contribution in [1.29, 1.82) is 0 Å². The molecule has 22 heavy (non-hydrogen) atoms. The van der Waals surface area contributed by atoms with Crippen molar-refractivity contribution in [3.8, 4) is 0 Å². The molecule has 0 spiro atoms. The Morgan fingerprint density at radius 2 is 2.14 bits per heavy atom. The van der Waals surface area contributed by atoms with Gasteiger partial charge in [-0.2, -0.15) is 17.4 Å². The van der Waals surface area contributed by atoms with Crippen molar-refractivity contribution in [3.05, 3.63) is 18.5 Å². The van der Waals surface area contributed by atoms with Crippen LogP contribution in [0.2, 0.25) is 0 Å². The molecule has 0 amide bonds. The van der Waals surface area contributed by atoms with Crippen LogP contribution in [-0.2, 0) is 10.2 Å².